The Kier molecular flexibility index (Phi) is 0.343. The van der Waals surface area contributed by atoms with Crippen molar-refractivity contribution in [2.24, 2.45) is 0 Å². The second-order valence-electron chi connectivity index (χ2n) is 1.90. The summed E-state index contributed by atoms with van der Waals surface area (Å²) in [5.41, 5.74) is -1.88. The van der Waals surface area contributed by atoms with Crippen molar-refractivity contribution in [3.63, 3.8) is 0 Å². The Morgan fingerprint density at radius 2 is 1.00 bits per heavy atom. The summed E-state index contributed by atoms with van der Waals surface area (Å²) in [7, 11) is 0. The molecular weight excluding hydrogens is 124 g/mol. The number of hydrogen-bond donors (Lipinski definition) is 0. The van der Waals surface area contributed by atoms with Crippen molar-refractivity contribution in [3.05, 3.63) is 11.1 Å². The van der Waals surface area contributed by atoms with Gasteiger partial charge in [-0.3, -0.25) is 0 Å². The molecule has 0 aromatic rings. The van der Waals surface area contributed by atoms with Gasteiger partial charge in [-0.1, -0.05) is 0 Å². The lowest BCUT2D eigenvalue weighted by Crippen LogP contribution is -2.24. The van der Waals surface area contributed by atoms with Crippen molar-refractivity contribution in [3.8, 4) is 0 Å². The summed E-state index contributed by atoms with van der Waals surface area (Å²) in [6.45, 7) is 0. The minimum atomic E-state index is -3.18. The first-order valence-corrected chi connectivity index (χ1v) is 2.01. The van der Waals surface area contributed by atoms with Gasteiger partial charge < -0.3 is 0 Å². The van der Waals surface area contributed by atoms with Crippen LogP contribution in [0.4, 0.5) is 17.6 Å². The molecule has 0 heterocycles. The topological polar surface area (TPSA) is 0 Å². The third-order valence-corrected chi connectivity index (χ3v) is 1.38. The molecule has 0 aliphatic heterocycles. The van der Waals surface area contributed by atoms with Gasteiger partial charge in [0.05, 0.1) is 11.1 Å². The Morgan fingerprint density at radius 3 is 1.00 bits per heavy atom. The van der Waals surface area contributed by atoms with E-state index in [-0.39, 0.29) is 0 Å². The highest BCUT2D eigenvalue weighted by molar-refractivity contribution is 5.76. The predicted octanol–water partition coefficient (Wildman–Crippen LogP) is 1.58. The number of halogens is 4. The molecule has 0 aromatic heterocycles. The zero-order chi connectivity index (χ0) is 6.15. The molecule has 44 valence electrons. The first-order chi connectivity index (χ1) is 3.49. The van der Waals surface area contributed by atoms with Crippen LogP contribution in [0.15, 0.2) is 11.1 Å². The fourth-order valence-electron chi connectivity index (χ4n) is 0.803. The normalized spacial score (nSPS) is 34.5. The highest BCUT2D eigenvalue weighted by Gasteiger charge is 2.88. The molecule has 0 atom stereocenters. The Bertz CT molecular complexity index is 162. The molecule has 0 spiro atoms. The van der Waals surface area contributed by atoms with Crippen LogP contribution in [0.25, 0.3) is 0 Å². The van der Waals surface area contributed by atoms with Crippen molar-refractivity contribution >= 4 is 0 Å². The third-order valence-electron chi connectivity index (χ3n) is 1.38. The third kappa shape index (κ3) is 0.197. The van der Waals surface area contributed by atoms with Crippen LogP contribution in [-0.2, 0) is 0 Å². The molecule has 0 bridgehead atoms. The van der Waals surface area contributed by atoms with Gasteiger partial charge in [-0.15, -0.1) is 0 Å². The first kappa shape index (κ1) is 4.35. The summed E-state index contributed by atoms with van der Waals surface area (Å²) in [4.78, 5) is 0. The summed E-state index contributed by atoms with van der Waals surface area (Å²) >= 11 is 0. The lowest BCUT2D eigenvalue weighted by atomic mass is 10.2. The molecule has 0 amide bonds. The predicted molar refractivity (Wildman–Crippen MR) is 16.9 cm³/mol. The average Bonchev–Trinajstić information content (AvgIpc) is 2.24. The van der Waals surface area contributed by atoms with Crippen LogP contribution in [-0.4, -0.2) is 11.8 Å². The molecule has 0 saturated heterocycles. The number of alkyl halides is 4. The van der Waals surface area contributed by atoms with Gasteiger partial charge in [0.2, 0.25) is 0 Å². The van der Waals surface area contributed by atoms with Crippen molar-refractivity contribution in [1.82, 2.24) is 0 Å². The van der Waals surface area contributed by atoms with E-state index >= 15 is 0 Å². The second-order valence-corrected chi connectivity index (χ2v) is 1.90. The van der Waals surface area contributed by atoms with E-state index in [2.05, 4.69) is 0 Å². The zero-order valence-corrected chi connectivity index (χ0v) is 3.51. The molecule has 0 radical (unpaired) electrons. The molecule has 0 fully saturated rings. The summed E-state index contributed by atoms with van der Waals surface area (Å²) in [5, 5.41) is 0. The molecule has 0 nitrogen and oxygen atoms in total. The highest BCUT2D eigenvalue weighted by atomic mass is 19.3. The first-order valence-electron chi connectivity index (χ1n) is 2.01. The highest BCUT2D eigenvalue weighted by Crippen LogP contribution is 2.76. The fraction of sp³-hybridized carbons (Fsp3) is 0.500. The van der Waals surface area contributed by atoms with Crippen LogP contribution in [0.2, 0.25) is 0 Å². The van der Waals surface area contributed by atoms with Gasteiger partial charge >= 0.3 is 11.8 Å². The zero-order valence-electron chi connectivity index (χ0n) is 3.51. The number of hydrogen-bond acceptors (Lipinski definition) is 0. The van der Waals surface area contributed by atoms with E-state index in [0.29, 0.717) is 0 Å². The Balaban J connectivity index is 2.17. The molecule has 0 N–H and O–H groups in total. The van der Waals surface area contributed by atoms with E-state index in [9.17, 15) is 17.6 Å². The molecule has 2 aliphatic rings. The Morgan fingerprint density at radius 1 is 0.750 bits per heavy atom. The molecule has 0 unspecified atom stereocenters. The van der Waals surface area contributed by atoms with Gasteiger partial charge in [0.1, 0.15) is 0 Å². The summed E-state index contributed by atoms with van der Waals surface area (Å²) in [5.74, 6) is -6.35. The van der Waals surface area contributed by atoms with E-state index in [4.69, 9.17) is 0 Å². The van der Waals surface area contributed by atoms with Crippen molar-refractivity contribution < 1.29 is 17.6 Å². The molecule has 0 saturated carbocycles. The van der Waals surface area contributed by atoms with Crippen LogP contribution >= 0.6 is 0 Å². The van der Waals surface area contributed by atoms with Gasteiger partial charge in [-0.05, 0) is 0 Å². The second kappa shape index (κ2) is 0.632. The maximum absolute atomic E-state index is 11.5. The quantitative estimate of drug-likeness (QED) is 0.339. The summed E-state index contributed by atoms with van der Waals surface area (Å²) in [6, 6.07) is 0. The summed E-state index contributed by atoms with van der Waals surface area (Å²) < 4.78 is 46.1. The lowest BCUT2D eigenvalue weighted by Gasteiger charge is -2.11. The Labute approximate surface area is 41.8 Å². The molecule has 4 heteroatoms. The largest absolute Gasteiger partial charge is 0.304 e. The minimum Gasteiger partial charge on any atom is -0.196 e. The van der Waals surface area contributed by atoms with Gasteiger partial charge in [0.25, 0.3) is 0 Å². The van der Waals surface area contributed by atoms with Crippen LogP contribution in [0.3, 0.4) is 0 Å². The van der Waals surface area contributed by atoms with Crippen LogP contribution in [0, 0.1) is 0 Å². The molecule has 8 heavy (non-hydrogen) atoms. The van der Waals surface area contributed by atoms with E-state index in [0.717, 1.165) is 0 Å². The summed E-state index contributed by atoms with van der Waals surface area (Å²) in [6.07, 6.45) is 0. The molecule has 0 aromatic carbocycles. The molecule has 2 aliphatic carbocycles. The molecular formula is C4F4. The van der Waals surface area contributed by atoms with Gasteiger partial charge in [-0.25, -0.2) is 0 Å². The standard InChI is InChI=1S/C4F4/c5-3(6)1-2(3)4(1,7)8. The monoisotopic (exact) mass is 124 g/mol. The lowest BCUT2D eigenvalue weighted by molar-refractivity contribution is -0.00572. The van der Waals surface area contributed by atoms with Crippen molar-refractivity contribution in [1.29, 1.82) is 0 Å². The average molecular weight is 124 g/mol. The molecule has 2 rings (SSSR count). The maximum Gasteiger partial charge on any atom is 0.304 e. The van der Waals surface area contributed by atoms with E-state index in [1.165, 1.54) is 0 Å². The van der Waals surface area contributed by atoms with Crippen molar-refractivity contribution in [2.45, 2.75) is 11.8 Å². The van der Waals surface area contributed by atoms with E-state index < -0.39 is 23.0 Å². The minimum absolute atomic E-state index is 0.940. The fourth-order valence-corrected chi connectivity index (χ4v) is 0.803. The van der Waals surface area contributed by atoms with Crippen LogP contribution in [0.5, 0.6) is 0 Å². The number of rotatable bonds is 0. The van der Waals surface area contributed by atoms with Crippen LogP contribution in [0.1, 0.15) is 0 Å². The Hall–Kier alpha value is -0.540. The van der Waals surface area contributed by atoms with Crippen molar-refractivity contribution in [2.75, 3.05) is 0 Å². The SMILES string of the molecule is FC1(F)C2=C1C2(F)F. The van der Waals surface area contributed by atoms with E-state index in [1.54, 1.807) is 0 Å². The van der Waals surface area contributed by atoms with E-state index in [1.807, 2.05) is 0 Å². The number of allylic oxidation sites excluding steroid dienone is 2. The smallest absolute Gasteiger partial charge is 0.196 e. The van der Waals surface area contributed by atoms with Crippen LogP contribution < -0.4 is 0 Å². The van der Waals surface area contributed by atoms with Gasteiger partial charge in [0.15, 0.2) is 0 Å². The van der Waals surface area contributed by atoms with Gasteiger partial charge in [-0.2, -0.15) is 17.6 Å². The van der Waals surface area contributed by atoms with Gasteiger partial charge in [0, 0.05) is 0 Å². The maximum atomic E-state index is 11.5.